The predicted molar refractivity (Wildman–Crippen MR) is 69.7 cm³/mol. The second kappa shape index (κ2) is 4.82. The highest BCUT2D eigenvalue weighted by molar-refractivity contribution is 7.79. The van der Waals surface area contributed by atoms with E-state index >= 15 is 0 Å². The average Bonchev–Trinajstić information content (AvgIpc) is 2.73. The van der Waals surface area contributed by atoms with Gasteiger partial charge in [0, 0.05) is 17.5 Å². The van der Waals surface area contributed by atoms with Crippen molar-refractivity contribution in [2.24, 2.45) is 5.41 Å². The van der Waals surface area contributed by atoms with Gasteiger partial charge in [-0.25, -0.2) is 4.21 Å². The van der Waals surface area contributed by atoms with E-state index in [0.717, 1.165) is 0 Å². The second-order valence-corrected chi connectivity index (χ2v) is 6.09. The van der Waals surface area contributed by atoms with Crippen molar-refractivity contribution in [2.75, 3.05) is 12.1 Å². The minimum atomic E-state index is -2.23. The first-order chi connectivity index (χ1) is 8.79. The number of anilines is 1. The first kappa shape index (κ1) is 13.8. The van der Waals surface area contributed by atoms with Gasteiger partial charge >= 0.3 is 0 Å². The number of carbonyl (C=O) groups excluding carboxylic acids is 1. The van der Waals surface area contributed by atoms with Gasteiger partial charge in [-0.15, -0.1) is 0 Å². The Labute approximate surface area is 113 Å². The molecule has 0 aliphatic carbocycles. The molecular formula is C12H15NO5S. The van der Waals surface area contributed by atoms with Crippen LogP contribution in [-0.4, -0.2) is 21.5 Å². The van der Waals surface area contributed by atoms with Gasteiger partial charge in [0.15, 0.2) is 22.6 Å². The summed E-state index contributed by atoms with van der Waals surface area (Å²) in [5.41, 5.74) is -0.352. The standard InChI is InChI=1S/C12H15NO5S/c1-12(2,3)11(14)13-7-4-8-9(18-6-17-8)5-10(7)19(15)16/h4-5H,6H2,1-3H3,(H,13,14)(H,15,16). The summed E-state index contributed by atoms with van der Waals surface area (Å²) in [6.07, 6.45) is 0. The number of nitrogens with one attached hydrogen (secondary N) is 1. The van der Waals surface area contributed by atoms with Gasteiger partial charge in [-0.2, -0.15) is 0 Å². The summed E-state index contributed by atoms with van der Waals surface area (Å²) >= 11 is -2.23. The zero-order valence-electron chi connectivity index (χ0n) is 10.9. The van der Waals surface area contributed by atoms with Gasteiger partial charge in [0.2, 0.25) is 12.7 Å². The van der Waals surface area contributed by atoms with E-state index in [1.165, 1.54) is 12.1 Å². The van der Waals surface area contributed by atoms with Gasteiger partial charge in [0.1, 0.15) is 0 Å². The van der Waals surface area contributed by atoms with Crippen LogP contribution >= 0.6 is 0 Å². The lowest BCUT2D eigenvalue weighted by atomic mass is 9.95. The Hall–Kier alpha value is -1.60. The molecule has 1 aliphatic heterocycles. The molecule has 2 N–H and O–H groups in total. The van der Waals surface area contributed by atoms with E-state index in [1.807, 2.05) is 0 Å². The molecule has 104 valence electrons. The fourth-order valence-electron chi connectivity index (χ4n) is 1.48. The molecule has 1 atom stereocenters. The van der Waals surface area contributed by atoms with Gasteiger partial charge in [0.25, 0.3) is 0 Å². The lowest BCUT2D eigenvalue weighted by Gasteiger charge is -2.18. The Balaban J connectivity index is 2.39. The Kier molecular flexibility index (Phi) is 3.51. The number of benzene rings is 1. The van der Waals surface area contributed by atoms with E-state index in [1.54, 1.807) is 20.8 Å². The van der Waals surface area contributed by atoms with Crippen molar-refractivity contribution >= 4 is 22.7 Å². The fraction of sp³-hybridized carbons (Fsp3) is 0.417. The van der Waals surface area contributed by atoms with Crippen molar-refractivity contribution in [1.82, 2.24) is 0 Å². The van der Waals surface area contributed by atoms with Crippen molar-refractivity contribution in [2.45, 2.75) is 25.7 Å². The van der Waals surface area contributed by atoms with Crippen molar-refractivity contribution in [1.29, 1.82) is 0 Å². The van der Waals surface area contributed by atoms with Gasteiger partial charge in [-0.3, -0.25) is 4.79 Å². The maximum Gasteiger partial charge on any atom is 0.231 e. The molecule has 6 nitrogen and oxygen atoms in total. The molecule has 0 spiro atoms. The van der Waals surface area contributed by atoms with E-state index in [2.05, 4.69) is 5.32 Å². The zero-order valence-corrected chi connectivity index (χ0v) is 11.7. The molecule has 19 heavy (non-hydrogen) atoms. The van der Waals surface area contributed by atoms with Crippen LogP contribution in [0.1, 0.15) is 20.8 Å². The first-order valence-corrected chi connectivity index (χ1v) is 6.75. The van der Waals surface area contributed by atoms with Crippen LogP contribution in [0, 0.1) is 5.41 Å². The molecule has 0 fully saturated rings. The van der Waals surface area contributed by atoms with Gasteiger partial charge in [-0.05, 0) is 0 Å². The maximum atomic E-state index is 11.9. The molecule has 0 radical (unpaired) electrons. The van der Waals surface area contributed by atoms with E-state index in [9.17, 15) is 13.6 Å². The summed E-state index contributed by atoms with van der Waals surface area (Å²) in [7, 11) is 0. The van der Waals surface area contributed by atoms with Crippen LogP contribution in [0.2, 0.25) is 0 Å². The monoisotopic (exact) mass is 285 g/mol. The SMILES string of the molecule is CC(C)(C)C(=O)Nc1cc2c(cc1S(=O)O)OCO2. The molecule has 1 heterocycles. The van der Waals surface area contributed by atoms with Gasteiger partial charge < -0.3 is 19.3 Å². The van der Waals surface area contributed by atoms with Crippen molar-refractivity contribution in [3.63, 3.8) is 0 Å². The van der Waals surface area contributed by atoms with Gasteiger partial charge in [0.05, 0.1) is 10.6 Å². The minimum Gasteiger partial charge on any atom is -0.454 e. The zero-order chi connectivity index (χ0) is 14.2. The van der Waals surface area contributed by atoms with E-state index in [-0.39, 0.29) is 23.3 Å². The van der Waals surface area contributed by atoms with Crippen LogP contribution in [0.25, 0.3) is 0 Å². The lowest BCUT2D eigenvalue weighted by molar-refractivity contribution is -0.123. The van der Waals surface area contributed by atoms with Gasteiger partial charge in [-0.1, -0.05) is 20.8 Å². The van der Waals surface area contributed by atoms with Crippen LogP contribution in [0.4, 0.5) is 5.69 Å². The summed E-state index contributed by atoms with van der Waals surface area (Å²) in [6, 6.07) is 2.89. The second-order valence-electron chi connectivity index (χ2n) is 5.15. The maximum absolute atomic E-state index is 11.9. The van der Waals surface area contributed by atoms with E-state index < -0.39 is 16.5 Å². The summed E-state index contributed by atoms with van der Waals surface area (Å²) in [6.45, 7) is 5.32. The number of rotatable bonds is 2. The Morgan fingerprint density at radius 3 is 2.42 bits per heavy atom. The largest absolute Gasteiger partial charge is 0.454 e. The van der Waals surface area contributed by atoms with Crippen LogP contribution in [-0.2, 0) is 15.9 Å². The van der Waals surface area contributed by atoms with Crippen molar-refractivity contribution in [3.05, 3.63) is 12.1 Å². The summed E-state index contributed by atoms with van der Waals surface area (Å²) in [5, 5.41) is 2.63. The lowest BCUT2D eigenvalue weighted by Crippen LogP contribution is -2.28. The molecule has 0 saturated carbocycles. The molecule has 0 aromatic heterocycles. The number of amides is 1. The fourth-order valence-corrected chi connectivity index (χ4v) is 1.98. The van der Waals surface area contributed by atoms with Crippen LogP contribution in [0.5, 0.6) is 11.5 Å². The smallest absolute Gasteiger partial charge is 0.231 e. The predicted octanol–water partition coefficient (Wildman–Crippen LogP) is 1.98. The number of hydrogen-bond donors (Lipinski definition) is 2. The quantitative estimate of drug-likeness (QED) is 0.812. The normalized spacial score (nSPS) is 15.2. The number of ether oxygens (including phenoxy) is 2. The molecule has 0 saturated heterocycles. The van der Waals surface area contributed by atoms with E-state index in [4.69, 9.17) is 9.47 Å². The Morgan fingerprint density at radius 1 is 1.32 bits per heavy atom. The van der Waals surface area contributed by atoms with E-state index in [0.29, 0.717) is 11.5 Å². The third kappa shape index (κ3) is 2.87. The molecule has 1 aromatic carbocycles. The van der Waals surface area contributed by atoms with Crippen LogP contribution < -0.4 is 14.8 Å². The highest BCUT2D eigenvalue weighted by atomic mass is 32.2. The van der Waals surface area contributed by atoms with Crippen LogP contribution in [0.15, 0.2) is 17.0 Å². The van der Waals surface area contributed by atoms with Crippen molar-refractivity contribution in [3.8, 4) is 11.5 Å². The highest BCUT2D eigenvalue weighted by Crippen LogP contribution is 2.38. The molecular weight excluding hydrogens is 270 g/mol. The molecule has 2 rings (SSSR count). The third-order valence-corrected chi connectivity index (χ3v) is 3.31. The molecule has 7 heteroatoms. The first-order valence-electron chi connectivity index (χ1n) is 5.65. The Morgan fingerprint density at radius 2 is 1.89 bits per heavy atom. The molecule has 1 amide bonds. The van der Waals surface area contributed by atoms with Crippen LogP contribution in [0.3, 0.4) is 0 Å². The number of hydrogen-bond acceptors (Lipinski definition) is 4. The molecule has 1 aromatic rings. The Bertz CT molecular complexity index is 550. The summed E-state index contributed by atoms with van der Waals surface area (Å²) in [4.78, 5) is 12.0. The molecule has 0 bridgehead atoms. The average molecular weight is 285 g/mol. The summed E-state index contributed by atoms with van der Waals surface area (Å²) in [5.74, 6) is 0.586. The number of fused-ring (bicyclic) bond motifs is 1. The summed E-state index contributed by atoms with van der Waals surface area (Å²) < 4.78 is 30.9. The highest BCUT2D eigenvalue weighted by Gasteiger charge is 2.25. The molecule has 1 aliphatic rings. The topological polar surface area (TPSA) is 84.9 Å². The molecule has 1 unspecified atom stereocenters. The minimum absolute atomic E-state index is 0.0590. The number of carbonyl (C=O) groups is 1. The van der Waals surface area contributed by atoms with Crippen molar-refractivity contribution < 1.29 is 23.0 Å². The third-order valence-electron chi connectivity index (χ3n) is 2.59.